The summed E-state index contributed by atoms with van der Waals surface area (Å²) in [4.78, 5) is 44.4. The molecule has 0 unspecified atom stereocenters. The molecule has 2 saturated carbocycles. The molecule has 2 aromatic rings. The zero-order chi connectivity index (χ0) is 25.0. The quantitative estimate of drug-likeness (QED) is 0.462. The van der Waals surface area contributed by atoms with Crippen molar-refractivity contribution in [2.75, 3.05) is 7.11 Å². The molecule has 1 saturated heterocycles. The van der Waals surface area contributed by atoms with E-state index < -0.39 is 40.8 Å². The van der Waals surface area contributed by atoms with Crippen LogP contribution in [-0.4, -0.2) is 45.7 Å². The zero-order valence-corrected chi connectivity index (χ0v) is 20.7. The van der Waals surface area contributed by atoms with Crippen LogP contribution in [0.5, 0.6) is 0 Å². The Bertz CT molecular complexity index is 1150. The van der Waals surface area contributed by atoms with Gasteiger partial charge in [0.25, 0.3) is 5.17 Å². The summed E-state index contributed by atoms with van der Waals surface area (Å²) in [5.74, 6) is -2.56. The molecule has 3 heterocycles. The van der Waals surface area contributed by atoms with Gasteiger partial charge in [0.2, 0.25) is 0 Å². The number of imidazole rings is 1. The van der Waals surface area contributed by atoms with E-state index in [1.54, 1.807) is 24.7 Å². The summed E-state index contributed by atoms with van der Waals surface area (Å²) < 4.78 is 23.7. The first kappa shape index (κ1) is 23.7. The van der Waals surface area contributed by atoms with Crippen LogP contribution in [0.1, 0.15) is 51.2 Å². The van der Waals surface area contributed by atoms with Gasteiger partial charge in [-0.25, -0.2) is 4.98 Å². The molecule has 0 bridgehead atoms. The summed E-state index contributed by atoms with van der Waals surface area (Å²) in [6.45, 7) is 3.94. The molecule has 7 atom stereocenters. The summed E-state index contributed by atoms with van der Waals surface area (Å²) in [6.07, 6.45) is 7.91. The van der Waals surface area contributed by atoms with Gasteiger partial charge in [-0.05, 0) is 48.4 Å². The van der Waals surface area contributed by atoms with E-state index in [4.69, 9.17) is 30.8 Å². The Morgan fingerprint density at radius 2 is 2.09 bits per heavy atom. The predicted octanol–water partition coefficient (Wildman–Crippen LogP) is 3.48. The molecule has 1 aliphatic heterocycles. The normalized spacial score (nSPS) is 36.5. The van der Waals surface area contributed by atoms with Crippen molar-refractivity contribution in [2.45, 2.75) is 51.7 Å². The van der Waals surface area contributed by atoms with Crippen LogP contribution in [0, 0.1) is 28.6 Å². The number of hydrogen-bond donors (Lipinski definition) is 0. The minimum atomic E-state index is -0.951. The second-order valence-electron chi connectivity index (χ2n) is 10.3. The van der Waals surface area contributed by atoms with Crippen LogP contribution in [0.25, 0.3) is 0 Å². The highest BCUT2D eigenvalue weighted by atomic mass is 32.1. The number of rotatable bonds is 3. The number of cyclic esters (lactones) is 1. The first-order valence-electron chi connectivity index (χ1n) is 11.7. The lowest BCUT2D eigenvalue weighted by Crippen LogP contribution is -2.64. The van der Waals surface area contributed by atoms with E-state index in [-0.39, 0.29) is 29.3 Å². The van der Waals surface area contributed by atoms with Gasteiger partial charge in [-0.2, -0.15) is 0 Å². The van der Waals surface area contributed by atoms with Gasteiger partial charge in [0.05, 0.1) is 31.5 Å². The van der Waals surface area contributed by atoms with E-state index in [9.17, 15) is 14.4 Å². The lowest BCUT2D eigenvalue weighted by atomic mass is 9.43. The van der Waals surface area contributed by atoms with E-state index in [2.05, 4.69) is 4.98 Å². The van der Waals surface area contributed by atoms with Gasteiger partial charge in [-0.3, -0.25) is 19.0 Å². The van der Waals surface area contributed by atoms with Crippen molar-refractivity contribution in [1.29, 1.82) is 0 Å². The van der Waals surface area contributed by atoms with Gasteiger partial charge in [-0.1, -0.05) is 13.8 Å². The van der Waals surface area contributed by atoms with E-state index >= 15 is 0 Å². The SMILES string of the molecule is COC(=O)[C@@H]1C[C@H](OC(=S)n2ccnc2)C(=O)[C@H]2[C@@]1(C)CC[C@H]1C(=O)O[C@H](c3ccoc3)C[C@]21C. The Morgan fingerprint density at radius 1 is 1.29 bits per heavy atom. The fraction of sp³-hybridized carbons (Fsp3) is 0.560. The van der Waals surface area contributed by atoms with Crippen LogP contribution in [0.4, 0.5) is 0 Å². The molecule has 9 nitrogen and oxygen atoms in total. The van der Waals surface area contributed by atoms with Crippen molar-refractivity contribution in [3.63, 3.8) is 0 Å². The number of methoxy groups -OCH3 is 1. The first-order chi connectivity index (χ1) is 16.7. The average molecular weight is 501 g/mol. The van der Waals surface area contributed by atoms with Gasteiger partial charge in [-0.15, -0.1) is 0 Å². The molecule has 0 radical (unpaired) electrons. The van der Waals surface area contributed by atoms with Crippen molar-refractivity contribution < 1.29 is 33.0 Å². The van der Waals surface area contributed by atoms with Crippen molar-refractivity contribution >= 4 is 35.1 Å². The minimum Gasteiger partial charge on any atom is -0.472 e. The smallest absolute Gasteiger partial charge is 0.310 e. The third-order valence-corrected chi connectivity index (χ3v) is 8.77. The Labute approximate surface area is 208 Å². The number of ether oxygens (including phenoxy) is 3. The van der Waals surface area contributed by atoms with Crippen molar-refractivity contribution in [3.05, 3.63) is 42.9 Å². The Balaban J connectivity index is 1.55. The molecule has 2 aromatic heterocycles. The third-order valence-electron chi connectivity index (χ3n) is 8.46. The molecule has 3 aliphatic rings. The molecular weight excluding hydrogens is 472 g/mol. The maximum atomic E-state index is 14.2. The summed E-state index contributed by atoms with van der Waals surface area (Å²) in [5, 5.41) is 0.0740. The van der Waals surface area contributed by atoms with Crippen molar-refractivity contribution in [3.8, 4) is 0 Å². The number of ketones is 1. The van der Waals surface area contributed by atoms with E-state index in [0.29, 0.717) is 19.3 Å². The average Bonchev–Trinajstić information content (AvgIpc) is 3.54. The maximum Gasteiger partial charge on any atom is 0.310 e. The predicted molar refractivity (Wildman–Crippen MR) is 125 cm³/mol. The van der Waals surface area contributed by atoms with Crippen LogP contribution in [0.15, 0.2) is 41.7 Å². The summed E-state index contributed by atoms with van der Waals surface area (Å²) in [7, 11) is 1.35. The van der Waals surface area contributed by atoms with Gasteiger partial charge in [0.1, 0.15) is 12.4 Å². The molecule has 0 aromatic carbocycles. The first-order valence-corrected chi connectivity index (χ1v) is 12.1. The molecule has 5 rings (SSSR count). The van der Waals surface area contributed by atoms with Crippen molar-refractivity contribution in [2.24, 2.45) is 28.6 Å². The highest BCUT2D eigenvalue weighted by Gasteiger charge is 2.67. The number of furan rings is 1. The van der Waals surface area contributed by atoms with Crippen molar-refractivity contribution in [1.82, 2.24) is 9.55 Å². The molecule has 0 spiro atoms. The molecule has 10 heteroatoms. The maximum absolute atomic E-state index is 14.2. The largest absolute Gasteiger partial charge is 0.472 e. The van der Waals surface area contributed by atoms with Gasteiger partial charge >= 0.3 is 11.9 Å². The van der Waals surface area contributed by atoms with Gasteiger partial charge < -0.3 is 18.6 Å². The molecule has 3 fully saturated rings. The Kier molecular flexibility index (Phi) is 5.82. The van der Waals surface area contributed by atoms with Crippen LogP contribution < -0.4 is 0 Å². The second-order valence-corrected chi connectivity index (χ2v) is 10.6. The lowest BCUT2D eigenvalue weighted by molar-refractivity contribution is -0.207. The number of hydrogen-bond acceptors (Lipinski definition) is 9. The number of Topliss-reactive ketones (excluding diaryl/α,β-unsaturated/α-hetero) is 1. The van der Waals surface area contributed by atoms with Crippen LogP contribution in [-0.2, 0) is 28.6 Å². The van der Waals surface area contributed by atoms with Crippen LogP contribution in [0.3, 0.4) is 0 Å². The summed E-state index contributed by atoms with van der Waals surface area (Å²) >= 11 is 5.40. The number of aromatic nitrogens is 2. The number of carbonyl (C=O) groups excluding carboxylic acids is 3. The van der Waals surface area contributed by atoms with Crippen LogP contribution in [0.2, 0.25) is 0 Å². The van der Waals surface area contributed by atoms with E-state index in [1.807, 2.05) is 13.8 Å². The van der Waals surface area contributed by atoms with Gasteiger partial charge in [0.15, 0.2) is 11.9 Å². The number of nitrogens with zero attached hydrogens (tertiary/aromatic N) is 2. The third kappa shape index (κ3) is 3.69. The molecule has 0 amide bonds. The standard InChI is InChI=1S/C25H28N2O7S/c1-24-6-4-15-22(30)33-18(14-5-9-32-12-14)11-25(15,2)20(24)19(28)17(10-16(24)21(29)31-3)34-23(35)27-8-7-26-13-27/h5,7-9,12-13,15-18,20H,4,6,10-11H2,1-3H3/t15-,16-,17-,18-,20-,24-,25-/m0/s1. The fourth-order valence-corrected chi connectivity index (χ4v) is 7.04. The number of fused-ring (bicyclic) bond motifs is 3. The Morgan fingerprint density at radius 3 is 2.74 bits per heavy atom. The number of carbonyl (C=O) groups is 3. The lowest BCUT2D eigenvalue weighted by Gasteiger charge is -2.61. The molecular formula is C25H28N2O7S. The Hall–Kier alpha value is -3.01. The molecule has 35 heavy (non-hydrogen) atoms. The minimum absolute atomic E-state index is 0.0740. The topological polar surface area (TPSA) is 110 Å². The highest BCUT2D eigenvalue weighted by Crippen LogP contribution is 2.65. The molecule has 2 aliphatic carbocycles. The number of thiocarbonyl (C=S) groups is 1. The molecule has 0 N–H and O–H groups in total. The van der Waals surface area contributed by atoms with Gasteiger partial charge in [0, 0.05) is 30.3 Å². The fourth-order valence-electron chi connectivity index (χ4n) is 6.81. The van der Waals surface area contributed by atoms with Crippen LogP contribution >= 0.6 is 12.2 Å². The second kappa shape index (κ2) is 8.58. The number of esters is 2. The highest BCUT2D eigenvalue weighted by molar-refractivity contribution is 7.80. The summed E-state index contributed by atoms with van der Waals surface area (Å²) in [5.41, 5.74) is -0.719. The monoisotopic (exact) mass is 500 g/mol. The summed E-state index contributed by atoms with van der Waals surface area (Å²) in [6, 6.07) is 1.76. The van der Waals surface area contributed by atoms with E-state index in [0.717, 1.165) is 5.56 Å². The molecule has 186 valence electrons. The van der Waals surface area contributed by atoms with E-state index in [1.165, 1.54) is 24.3 Å². The zero-order valence-electron chi connectivity index (χ0n) is 19.8.